The zero-order valence-corrected chi connectivity index (χ0v) is 9.92. The Morgan fingerprint density at radius 1 is 1.27 bits per heavy atom. The van der Waals surface area contributed by atoms with Crippen molar-refractivity contribution in [3.05, 3.63) is 41.4 Å². The molecule has 15 heavy (non-hydrogen) atoms. The largest absolute Gasteiger partial charge is 0.244 e. The van der Waals surface area contributed by atoms with E-state index in [-0.39, 0.29) is 0 Å². The molecule has 78 valence electrons. The number of aromatic nitrogens is 1. The predicted octanol–water partition coefficient (Wildman–Crippen LogP) is 4.32. The highest BCUT2D eigenvalue weighted by Crippen LogP contribution is 2.30. The Kier molecular flexibility index (Phi) is 3.17. The molecule has 0 radical (unpaired) electrons. The highest BCUT2D eigenvalue weighted by molar-refractivity contribution is 7.15. The minimum Gasteiger partial charge on any atom is -0.244 e. The molecular weight excluding hydrogens is 202 g/mol. The summed E-state index contributed by atoms with van der Waals surface area (Å²) in [5.41, 5.74) is 1.22. The van der Waals surface area contributed by atoms with E-state index in [4.69, 9.17) is 0 Å². The average molecular weight is 217 g/mol. The van der Waals surface area contributed by atoms with Crippen molar-refractivity contribution in [2.45, 2.75) is 26.2 Å². The normalized spacial score (nSPS) is 12.7. The highest BCUT2D eigenvalue weighted by Gasteiger charge is 2.08. The molecule has 0 fully saturated rings. The van der Waals surface area contributed by atoms with Crippen molar-refractivity contribution in [1.29, 1.82) is 0 Å². The Labute approximate surface area is 94.8 Å². The predicted molar refractivity (Wildman–Crippen MR) is 66.3 cm³/mol. The molecule has 0 N–H and O–H groups in total. The SMILES string of the molecule is CCC(C)c1cnc(-c2ccccc2)s1. The monoisotopic (exact) mass is 217 g/mol. The van der Waals surface area contributed by atoms with Crippen LogP contribution in [0.1, 0.15) is 31.1 Å². The summed E-state index contributed by atoms with van der Waals surface area (Å²) in [6, 6.07) is 10.4. The second-order valence-corrected chi connectivity index (χ2v) is 4.81. The van der Waals surface area contributed by atoms with Crippen molar-refractivity contribution in [2.75, 3.05) is 0 Å². The van der Waals surface area contributed by atoms with Gasteiger partial charge in [-0.1, -0.05) is 44.2 Å². The molecule has 0 saturated carbocycles. The van der Waals surface area contributed by atoms with E-state index in [0.29, 0.717) is 5.92 Å². The van der Waals surface area contributed by atoms with E-state index in [1.165, 1.54) is 16.9 Å². The standard InChI is InChI=1S/C13H15NS/c1-3-10(2)12-9-14-13(15-12)11-7-5-4-6-8-11/h4-10H,3H2,1-2H3. The van der Waals surface area contributed by atoms with Crippen LogP contribution in [-0.2, 0) is 0 Å². The van der Waals surface area contributed by atoms with Gasteiger partial charge in [-0.25, -0.2) is 4.98 Å². The number of thiazole rings is 1. The van der Waals surface area contributed by atoms with Crippen LogP contribution >= 0.6 is 11.3 Å². The summed E-state index contributed by atoms with van der Waals surface area (Å²) in [5.74, 6) is 0.625. The molecule has 0 aliphatic carbocycles. The Balaban J connectivity index is 2.28. The molecule has 0 saturated heterocycles. The summed E-state index contributed by atoms with van der Waals surface area (Å²) in [7, 11) is 0. The van der Waals surface area contributed by atoms with Crippen LogP contribution in [0.4, 0.5) is 0 Å². The second-order valence-electron chi connectivity index (χ2n) is 3.74. The minimum atomic E-state index is 0.625. The third-order valence-corrected chi connectivity index (χ3v) is 3.92. The van der Waals surface area contributed by atoms with Gasteiger partial charge in [0, 0.05) is 16.6 Å². The van der Waals surface area contributed by atoms with E-state index in [0.717, 1.165) is 5.01 Å². The molecule has 0 spiro atoms. The third-order valence-electron chi connectivity index (χ3n) is 2.64. The quantitative estimate of drug-likeness (QED) is 0.746. The minimum absolute atomic E-state index is 0.625. The molecule has 2 rings (SSSR count). The van der Waals surface area contributed by atoms with Crippen LogP contribution in [0.3, 0.4) is 0 Å². The Bertz CT molecular complexity index is 419. The Hall–Kier alpha value is -1.15. The maximum absolute atomic E-state index is 4.47. The first-order valence-corrected chi connectivity index (χ1v) is 6.14. The molecular formula is C13H15NS. The van der Waals surface area contributed by atoms with Crippen molar-refractivity contribution in [2.24, 2.45) is 0 Å². The maximum Gasteiger partial charge on any atom is 0.123 e. The van der Waals surface area contributed by atoms with Gasteiger partial charge in [-0.2, -0.15) is 0 Å². The van der Waals surface area contributed by atoms with Gasteiger partial charge in [-0.05, 0) is 12.3 Å². The van der Waals surface area contributed by atoms with Crippen LogP contribution < -0.4 is 0 Å². The summed E-state index contributed by atoms with van der Waals surface area (Å²) >= 11 is 1.81. The van der Waals surface area contributed by atoms with Crippen molar-refractivity contribution in [3.8, 4) is 10.6 Å². The van der Waals surface area contributed by atoms with Crippen LogP contribution in [-0.4, -0.2) is 4.98 Å². The third kappa shape index (κ3) is 2.26. The van der Waals surface area contributed by atoms with Gasteiger partial charge < -0.3 is 0 Å². The lowest BCUT2D eigenvalue weighted by atomic mass is 10.1. The molecule has 0 aliphatic heterocycles. The van der Waals surface area contributed by atoms with Gasteiger partial charge in [-0.15, -0.1) is 11.3 Å². The lowest BCUT2D eigenvalue weighted by Gasteiger charge is -2.02. The zero-order valence-electron chi connectivity index (χ0n) is 9.10. The first kappa shape index (κ1) is 10.4. The number of hydrogen-bond acceptors (Lipinski definition) is 2. The van der Waals surface area contributed by atoms with Crippen molar-refractivity contribution in [1.82, 2.24) is 4.98 Å². The summed E-state index contributed by atoms with van der Waals surface area (Å²) < 4.78 is 0. The second kappa shape index (κ2) is 4.58. The highest BCUT2D eigenvalue weighted by atomic mass is 32.1. The molecule has 1 aromatic carbocycles. The first-order chi connectivity index (χ1) is 7.31. The molecule has 0 amide bonds. The zero-order chi connectivity index (χ0) is 10.7. The molecule has 1 atom stereocenters. The fourth-order valence-electron chi connectivity index (χ4n) is 1.43. The fourth-order valence-corrected chi connectivity index (χ4v) is 2.49. The molecule has 1 heterocycles. The van der Waals surface area contributed by atoms with Crippen LogP contribution in [0.5, 0.6) is 0 Å². The number of rotatable bonds is 3. The fraction of sp³-hybridized carbons (Fsp3) is 0.308. The van der Waals surface area contributed by atoms with Gasteiger partial charge in [0.1, 0.15) is 5.01 Å². The summed E-state index contributed by atoms with van der Waals surface area (Å²) in [4.78, 5) is 5.86. The Morgan fingerprint density at radius 2 is 2.00 bits per heavy atom. The van der Waals surface area contributed by atoms with Gasteiger partial charge in [0.2, 0.25) is 0 Å². The van der Waals surface area contributed by atoms with Gasteiger partial charge in [0.25, 0.3) is 0 Å². The van der Waals surface area contributed by atoms with Gasteiger partial charge in [0.15, 0.2) is 0 Å². The van der Waals surface area contributed by atoms with Crippen molar-refractivity contribution in [3.63, 3.8) is 0 Å². The summed E-state index contributed by atoms with van der Waals surface area (Å²) in [6.07, 6.45) is 3.19. The van der Waals surface area contributed by atoms with E-state index in [9.17, 15) is 0 Å². The maximum atomic E-state index is 4.47. The van der Waals surface area contributed by atoms with E-state index >= 15 is 0 Å². The van der Waals surface area contributed by atoms with Crippen molar-refractivity contribution < 1.29 is 0 Å². The summed E-state index contributed by atoms with van der Waals surface area (Å²) in [6.45, 7) is 4.47. The van der Waals surface area contributed by atoms with E-state index in [1.807, 2.05) is 23.6 Å². The smallest absolute Gasteiger partial charge is 0.123 e. The molecule has 2 aromatic rings. The Morgan fingerprint density at radius 3 is 2.67 bits per heavy atom. The van der Waals surface area contributed by atoms with Crippen LogP contribution in [0, 0.1) is 0 Å². The van der Waals surface area contributed by atoms with Gasteiger partial charge in [0.05, 0.1) is 0 Å². The van der Waals surface area contributed by atoms with E-state index in [1.54, 1.807) is 0 Å². The lowest BCUT2D eigenvalue weighted by molar-refractivity contribution is 0.746. The summed E-state index contributed by atoms with van der Waals surface area (Å²) in [5, 5.41) is 1.13. The van der Waals surface area contributed by atoms with Crippen LogP contribution in [0.15, 0.2) is 36.5 Å². The first-order valence-electron chi connectivity index (χ1n) is 5.32. The molecule has 0 bridgehead atoms. The molecule has 1 unspecified atom stereocenters. The number of nitrogens with zero attached hydrogens (tertiary/aromatic N) is 1. The molecule has 1 aromatic heterocycles. The van der Waals surface area contributed by atoms with Gasteiger partial charge >= 0.3 is 0 Å². The van der Waals surface area contributed by atoms with Gasteiger partial charge in [-0.3, -0.25) is 0 Å². The van der Waals surface area contributed by atoms with Crippen LogP contribution in [0.2, 0.25) is 0 Å². The topological polar surface area (TPSA) is 12.9 Å². The lowest BCUT2D eigenvalue weighted by Crippen LogP contribution is -1.84. The van der Waals surface area contributed by atoms with E-state index in [2.05, 4.69) is 43.1 Å². The van der Waals surface area contributed by atoms with Crippen LogP contribution in [0.25, 0.3) is 10.6 Å². The molecule has 1 nitrogen and oxygen atoms in total. The average Bonchev–Trinajstić information content (AvgIpc) is 2.78. The number of benzene rings is 1. The molecule has 2 heteroatoms. The number of hydrogen-bond donors (Lipinski definition) is 0. The molecule has 0 aliphatic rings. The van der Waals surface area contributed by atoms with Crippen molar-refractivity contribution >= 4 is 11.3 Å². The van der Waals surface area contributed by atoms with E-state index < -0.39 is 0 Å².